The molecule has 0 radical (unpaired) electrons. The summed E-state index contributed by atoms with van der Waals surface area (Å²) >= 11 is 0. The van der Waals surface area contributed by atoms with E-state index in [1.807, 2.05) is 0 Å². The highest BCUT2D eigenvalue weighted by Crippen LogP contribution is 2.16. The first-order valence-electron chi connectivity index (χ1n) is 8.27. The van der Waals surface area contributed by atoms with Crippen molar-refractivity contribution in [3.63, 3.8) is 0 Å². The zero-order chi connectivity index (χ0) is 18.2. The predicted octanol–water partition coefficient (Wildman–Crippen LogP) is 1.04. The van der Waals surface area contributed by atoms with Crippen molar-refractivity contribution in [1.82, 2.24) is 10.6 Å². The van der Waals surface area contributed by atoms with E-state index in [1.165, 1.54) is 6.07 Å². The van der Waals surface area contributed by atoms with Gasteiger partial charge < -0.3 is 20.5 Å². The normalized spacial score (nSPS) is 22.4. The van der Waals surface area contributed by atoms with Crippen molar-refractivity contribution >= 4 is 11.8 Å². The van der Waals surface area contributed by atoms with Gasteiger partial charge in [-0.15, -0.1) is 0 Å². The number of carbonyl (C=O) groups is 2. The molecule has 136 valence electrons. The SMILES string of the molecule is CCC(=O)N[C@@H]1C=C[C@H](CC(=O)NCc2ccccc2F)O[C@H]1CO. The largest absolute Gasteiger partial charge is 0.394 e. The molecule has 0 aromatic heterocycles. The Morgan fingerprint density at radius 3 is 2.68 bits per heavy atom. The topological polar surface area (TPSA) is 87.7 Å². The number of rotatable bonds is 7. The number of halogens is 1. The second-order valence-electron chi connectivity index (χ2n) is 5.80. The fourth-order valence-electron chi connectivity index (χ4n) is 2.51. The summed E-state index contributed by atoms with van der Waals surface area (Å²) in [6, 6.07) is 5.81. The highest BCUT2D eigenvalue weighted by Gasteiger charge is 2.28. The number of hydrogen-bond donors (Lipinski definition) is 3. The fraction of sp³-hybridized carbons (Fsp3) is 0.444. The van der Waals surface area contributed by atoms with Gasteiger partial charge in [0.15, 0.2) is 0 Å². The third-order valence-electron chi connectivity index (χ3n) is 3.93. The molecule has 0 spiro atoms. The van der Waals surface area contributed by atoms with Gasteiger partial charge in [-0.05, 0) is 6.07 Å². The van der Waals surface area contributed by atoms with Crippen LogP contribution in [0, 0.1) is 5.82 Å². The fourth-order valence-corrected chi connectivity index (χ4v) is 2.51. The van der Waals surface area contributed by atoms with E-state index in [1.54, 1.807) is 37.3 Å². The summed E-state index contributed by atoms with van der Waals surface area (Å²) in [7, 11) is 0. The minimum absolute atomic E-state index is 0.0515. The minimum Gasteiger partial charge on any atom is -0.394 e. The molecule has 2 amide bonds. The van der Waals surface area contributed by atoms with Gasteiger partial charge in [0, 0.05) is 18.5 Å². The third kappa shape index (κ3) is 5.65. The van der Waals surface area contributed by atoms with Gasteiger partial charge in [0.1, 0.15) is 11.9 Å². The zero-order valence-corrected chi connectivity index (χ0v) is 14.1. The summed E-state index contributed by atoms with van der Waals surface area (Å²) in [6.45, 7) is 1.56. The third-order valence-corrected chi connectivity index (χ3v) is 3.93. The number of hydrogen-bond acceptors (Lipinski definition) is 4. The van der Waals surface area contributed by atoms with Crippen LogP contribution in [0.25, 0.3) is 0 Å². The van der Waals surface area contributed by atoms with Crippen molar-refractivity contribution in [3.05, 3.63) is 47.8 Å². The molecule has 1 heterocycles. The van der Waals surface area contributed by atoms with Gasteiger partial charge in [-0.2, -0.15) is 0 Å². The Labute approximate surface area is 146 Å². The Morgan fingerprint density at radius 2 is 2.00 bits per heavy atom. The molecule has 25 heavy (non-hydrogen) atoms. The number of aliphatic hydroxyl groups is 1. The molecule has 1 aliphatic rings. The summed E-state index contributed by atoms with van der Waals surface area (Å²) in [5, 5.41) is 14.8. The van der Waals surface area contributed by atoms with Crippen molar-refractivity contribution in [3.8, 4) is 0 Å². The average Bonchev–Trinajstić information content (AvgIpc) is 2.62. The van der Waals surface area contributed by atoms with Crippen molar-refractivity contribution in [2.24, 2.45) is 0 Å². The van der Waals surface area contributed by atoms with Gasteiger partial charge in [-0.1, -0.05) is 37.3 Å². The minimum atomic E-state index is -0.607. The van der Waals surface area contributed by atoms with Crippen LogP contribution in [0.5, 0.6) is 0 Å². The van der Waals surface area contributed by atoms with Crippen LogP contribution in [-0.4, -0.2) is 41.8 Å². The highest BCUT2D eigenvalue weighted by atomic mass is 19.1. The van der Waals surface area contributed by atoms with E-state index < -0.39 is 18.2 Å². The van der Waals surface area contributed by atoms with Crippen molar-refractivity contribution in [2.75, 3.05) is 6.61 Å². The summed E-state index contributed by atoms with van der Waals surface area (Å²) in [4.78, 5) is 23.5. The van der Waals surface area contributed by atoms with Crippen LogP contribution < -0.4 is 10.6 Å². The highest BCUT2D eigenvalue weighted by molar-refractivity contribution is 5.77. The van der Waals surface area contributed by atoms with Crippen LogP contribution in [0.4, 0.5) is 4.39 Å². The Hall–Kier alpha value is -2.25. The van der Waals surface area contributed by atoms with E-state index in [9.17, 15) is 19.1 Å². The maximum absolute atomic E-state index is 13.5. The van der Waals surface area contributed by atoms with Gasteiger partial charge in [-0.25, -0.2) is 4.39 Å². The first-order valence-corrected chi connectivity index (χ1v) is 8.27. The standard InChI is InChI=1S/C18H23FN2O4/c1-2-17(23)21-15-8-7-13(25-16(15)11-22)9-18(24)20-10-12-5-3-4-6-14(12)19/h3-8,13,15-16,22H,2,9-11H2,1H3,(H,20,24)(H,21,23)/t13-,15-,16+/m1/s1. The van der Waals surface area contributed by atoms with Crippen molar-refractivity contribution < 1.29 is 23.8 Å². The molecule has 7 heteroatoms. The summed E-state index contributed by atoms with van der Waals surface area (Å²) in [5.74, 6) is -0.796. The molecule has 0 aliphatic carbocycles. The van der Waals surface area contributed by atoms with Gasteiger partial charge in [-0.3, -0.25) is 9.59 Å². The molecular formula is C18H23FN2O4. The van der Waals surface area contributed by atoms with Gasteiger partial charge in [0.25, 0.3) is 0 Å². The molecule has 0 fully saturated rings. The Morgan fingerprint density at radius 1 is 1.24 bits per heavy atom. The monoisotopic (exact) mass is 350 g/mol. The summed E-state index contributed by atoms with van der Waals surface area (Å²) in [6.07, 6.45) is 2.69. The zero-order valence-electron chi connectivity index (χ0n) is 14.1. The van der Waals surface area contributed by atoms with Crippen LogP contribution in [0.15, 0.2) is 36.4 Å². The summed E-state index contributed by atoms with van der Waals surface area (Å²) < 4.78 is 19.2. The Bertz CT molecular complexity index is 635. The molecule has 0 saturated heterocycles. The smallest absolute Gasteiger partial charge is 0.223 e. The van der Waals surface area contributed by atoms with E-state index in [0.29, 0.717) is 12.0 Å². The molecule has 1 aromatic carbocycles. The van der Waals surface area contributed by atoms with E-state index in [-0.39, 0.29) is 37.2 Å². The molecule has 0 bridgehead atoms. The molecule has 0 unspecified atom stereocenters. The second-order valence-corrected chi connectivity index (χ2v) is 5.80. The van der Waals surface area contributed by atoms with E-state index in [0.717, 1.165) is 0 Å². The number of amides is 2. The Kier molecular flexibility index (Phi) is 7.09. The predicted molar refractivity (Wildman–Crippen MR) is 90.0 cm³/mol. The molecule has 3 N–H and O–H groups in total. The number of carbonyl (C=O) groups excluding carboxylic acids is 2. The lowest BCUT2D eigenvalue weighted by Crippen LogP contribution is -2.48. The molecule has 0 saturated carbocycles. The summed E-state index contributed by atoms with van der Waals surface area (Å²) in [5.41, 5.74) is 0.409. The molecule has 1 aromatic rings. The van der Waals surface area contributed by atoms with Crippen LogP contribution in [0.3, 0.4) is 0 Å². The molecule has 2 rings (SSSR count). The van der Waals surface area contributed by atoms with E-state index >= 15 is 0 Å². The second kappa shape index (κ2) is 9.29. The van der Waals surface area contributed by atoms with E-state index in [2.05, 4.69) is 10.6 Å². The number of aliphatic hydroxyl groups excluding tert-OH is 1. The Balaban J connectivity index is 1.86. The first kappa shape index (κ1) is 19.1. The van der Waals surface area contributed by atoms with E-state index in [4.69, 9.17) is 4.74 Å². The number of ether oxygens (including phenoxy) is 1. The lowest BCUT2D eigenvalue weighted by molar-refractivity contribution is -0.128. The molecule has 1 aliphatic heterocycles. The molecular weight excluding hydrogens is 327 g/mol. The first-order chi connectivity index (χ1) is 12.0. The van der Waals surface area contributed by atoms with Crippen LogP contribution in [-0.2, 0) is 20.9 Å². The lowest BCUT2D eigenvalue weighted by atomic mass is 10.0. The van der Waals surface area contributed by atoms with Gasteiger partial charge in [0.2, 0.25) is 11.8 Å². The number of benzene rings is 1. The van der Waals surface area contributed by atoms with Gasteiger partial charge >= 0.3 is 0 Å². The van der Waals surface area contributed by atoms with Crippen molar-refractivity contribution in [2.45, 2.75) is 44.6 Å². The van der Waals surface area contributed by atoms with Crippen LogP contribution >= 0.6 is 0 Å². The van der Waals surface area contributed by atoms with Crippen LogP contribution in [0.1, 0.15) is 25.3 Å². The number of nitrogens with one attached hydrogen (secondary N) is 2. The molecule has 6 nitrogen and oxygen atoms in total. The maximum Gasteiger partial charge on any atom is 0.223 e. The molecule has 3 atom stereocenters. The van der Waals surface area contributed by atoms with Gasteiger partial charge in [0.05, 0.1) is 25.2 Å². The average molecular weight is 350 g/mol. The van der Waals surface area contributed by atoms with Crippen LogP contribution in [0.2, 0.25) is 0 Å². The quantitative estimate of drug-likeness (QED) is 0.641. The lowest BCUT2D eigenvalue weighted by Gasteiger charge is -2.31. The van der Waals surface area contributed by atoms with Crippen molar-refractivity contribution in [1.29, 1.82) is 0 Å². The maximum atomic E-state index is 13.5.